The first-order chi connectivity index (χ1) is 14.1. The van der Waals surface area contributed by atoms with Crippen LogP contribution in [0.25, 0.3) is 16.5 Å². The summed E-state index contributed by atoms with van der Waals surface area (Å²) in [6.45, 7) is 3.95. The molecule has 1 fully saturated rings. The molecule has 1 atom stereocenters. The minimum Gasteiger partial charge on any atom is -0.492 e. The number of halogens is 1. The zero-order valence-corrected chi connectivity index (χ0v) is 16.8. The number of fused-ring (bicyclic) bond motifs is 1. The van der Waals surface area contributed by atoms with Gasteiger partial charge in [-0.3, -0.25) is 4.90 Å². The molecule has 1 aliphatic rings. The van der Waals surface area contributed by atoms with Crippen LogP contribution < -0.4 is 0 Å². The second kappa shape index (κ2) is 7.27. The van der Waals surface area contributed by atoms with Gasteiger partial charge in [0.25, 0.3) is 0 Å². The first-order valence-corrected chi connectivity index (χ1v) is 10.5. The monoisotopic (exact) mass is 412 g/mol. The van der Waals surface area contributed by atoms with Crippen molar-refractivity contribution in [3.63, 3.8) is 0 Å². The first kappa shape index (κ1) is 18.3. The molecule has 0 aliphatic carbocycles. The van der Waals surface area contributed by atoms with Crippen molar-refractivity contribution in [2.24, 2.45) is 5.92 Å². The first-order valence-electron chi connectivity index (χ1n) is 9.72. The average Bonchev–Trinajstić information content (AvgIpc) is 3.44. The van der Waals surface area contributed by atoms with Crippen LogP contribution >= 0.6 is 11.3 Å². The molecule has 0 bridgehead atoms. The van der Waals surface area contributed by atoms with E-state index in [1.54, 1.807) is 30.5 Å². The number of hydrogen-bond acceptors (Lipinski definition) is 6. The van der Waals surface area contributed by atoms with Gasteiger partial charge in [-0.05, 0) is 50.0 Å². The standard InChI is InChI=1S/C21H21FN4O2S/c1-13-8-10-25(11-9-13)17(14-5-2-3-6-15(14)22)18-20(27)26-21(29-18)23-19(24-26)16-7-4-12-28-16/h2-7,12-13,17,27H,8-11H2,1H3/t17-/m0/s1. The number of thiazole rings is 1. The minimum absolute atomic E-state index is 0.00202. The van der Waals surface area contributed by atoms with Crippen LogP contribution in [0.1, 0.15) is 36.2 Å². The number of hydrogen-bond donors (Lipinski definition) is 1. The van der Waals surface area contributed by atoms with Gasteiger partial charge < -0.3 is 9.52 Å². The van der Waals surface area contributed by atoms with Crippen molar-refractivity contribution < 1.29 is 13.9 Å². The predicted molar refractivity (Wildman–Crippen MR) is 108 cm³/mol. The molecule has 4 aromatic rings. The molecular formula is C21H21FN4O2S. The van der Waals surface area contributed by atoms with E-state index < -0.39 is 0 Å². The largest absolute Gasteiger partial charge is 0.492 e. The number of furan rings is 1. The Morgan fingerprint density at radius 3 is 2.69 bits per heavy atom. The van der Waals surface area contributed by atoms with Crippen molar-refractivity contribution in [1.29, 1.82) is 0 Å². The number of aromatic hydroxyl groups is 1. The van der Waals surface area contributed by atoms with E-state index in [0.29, 0.717) is 32.9 Å². The van der Waals surface area contributed by atoms with Crippen LogP contribution in [0.4, 0.5) is 4.39 Å². The summed E-state index contributed by atoms with van der Waals surface area (Å²) in [7, 11) is 0. The Labute approximate surface area is 171 Å². The number of likely N-dealkylation sites (tertiary alicyclic amines) is 1. The van der Waals surface area contributed by atoms with Gasteiger partial charge >= 0.3 is 0 Å². The highest BCUT2D eigenvalue weighted by molar-refractivity contribution is 7.17. The lowest BCUT2D eigenvalue weighted by molar-refractivity contribution is 0.155. The summed E-state index contributed by atoms with van der Waals surface area (Å²) in [5, 5.41) is 15.4. The van der Waals surface area contributed by atoms with Gasteiger partial charge in [-0.15, -0.1) is 5.10 Å². The molecule has 5 rings (SSSR count). The molecule has 150 valence electrons. The Kier molecular flexibility index (Phi) is 4.60. The van der Waals surface area contributed by atoms with Crippen LogP contribution in [-0.2, 0) is 0 Å². The third-order valence-electron chi connectivity index (χ3n) is 5.57. The number of piperidine rings is 1. The maximum atomic E-state index is 14.8. The van der Waals surface area contributed by atoms with E-state index in [9.17, 15) is 9.50 Å². The molecule has 4 heterocycles. The lowest BCUT2D eigenvalue weighted by Gasteiger charge is -2.36. The van der Waals surface area contributed by atoms with Crippen molar-refractivity contribution in [3.8, 4) is 17.5 Å². The van der Waals surface area contributed by atoms with E-state index in [-0.39, 0.29) is 17.7 Å². The summed E-state index contributed by atoms with van der Waals surface area (Å²) in [5.41, 5.74) is 0.563. The van der Waals surface area contributed by atoms with Crippen LogP contribution in [0.5, 0.6) is 5.88 Å². The zero-order valence-electron chi connectivity index (χ0n) is 16.0. The molecule has 0 radical (unpaired) electrons. The lowest BCUT2D eigenvalue weighted by atomic mass is 9.95. The Hall–Kier alpha value is -2.71. The van der Waals surface area contributed by atoms with Crippen LogP contribution in [0.2, 0.25) is 0 Å². The SMILES string of the molecule is CC1CCN([C@@H](c2ccccc2F)c2sc3nc(-c4ccco4)nn3c2O)CC1. The highest BCUT2D eigenvalue weighted by atomic mass is 32.1. The fourth-order valence-corrected chi connectivity index (χ4v) is 5.03. The molecule has 3 aromatic heterocycles. The van der Waals surface area contributed by atoms with Gasteiger partial charge in [0.2, 0.25) is 16.7 Å². The van der Waals surface area contributed by atoms with E-state index in [4.69, 9.17) is 4.42 Å². The second-order valence-corrected chi connectivity index (χ2v) is 8.55. The molecule has 1 aromatic carbocycles. The van der Waals surface area contributed by atoms with E-state index in [1.807, 2.05) is 6.07 Å². The van der Waals surface area contributed by atoms with E-state index in [2.05, 4.69) is 21.9 Å². The van der Waals surface area contributed by atoms with Crippen molar-refractivity contribution in [1.82, 2.24) is 19.5 Å². The normalized spacial score (nSPS) is 17.2. The Balaban J connectivity index is 1.60. The summed E-state index contributed by atoms with van der Waals surface area (Å²) < 4.78 is 21.5. The number of rotatable bonds is 4. The van der Waals surface area contributed by atoms with Crippen LogP contribution in [0, 0.1) is 11.7 Å². The topological polar surface area (TPSA) is 66.8 Å². The van der Waals surface area contributed by atoms with Crippen molar-refractivity contribution >= 4 is 16.3 Å². The van der Waals surface area contributed by atoms with Crippen LogP contribution in [-0.4, -0.2) is 37.7 Å². The van der Waals surface area contributed by atoms with Gasteiger partial charge in [-0.2, -0.15) is 9.50 Å². The summed E-state index contributed by atoms with van der Waals surface area (Å²) in [4.78, 5) is 7.95. The lowest BCUT2D eigenvalue weighted by Crippen LogP contribution is -2.36. The molecule has 1 saturated heterocycles. The summed E-state index contributed by atoms with van der Waals surface area (Å²) in [6.07, 6.45) is 3.66. The number of aromatic nitrogens is 3. The third-order valence-corrected chi connectivity index (χ3v) is 6.65. The Bertz CT molecular complexity index is 1130. The van der Waals surface area contributed by atoms with E-state index in [0.717, 1.165) is 25.9 Å². The quantitative estimate of drug-likeness (QED) is 0.526. The molecule has 29 heavy (non-hydrogen) atoms. The third kappa shape index (κ3) is 3.22. The van der Waals surface area contributed by atoms with Gasteiger partial charge in [0.15, 0.2) is 5.76 Å². The Morgan fingerprint density at radius 1 is 1.21 bits per heavy atom. The molecule has 0 spiro atoms. The van der Waals surface area contributed by atoms with Gasteiger partial charge in [0, 0.05) is 5.56 Å². The molecule has 1 aliphatic heterocycles. The van der Waals surface area contributed by atoms with Crippen molar-refractivity contribution in [3.05, 3.63) is 58.9 Å². The van der Waals surface area contributed by atoms with Crippen LogP contribution in [0.15, 0.2) is 47.1 Å². The molecule has 8 heteroatoms. The number of benzene rings is 1. The molecular weight excluding hydrogens is 391 g/mol. The van der Waals surface area contributed by atoms with E-state index >= 15 is 0 Å². The maximum absolute atomic E-state index is 14.8. The molecule has 1 N–H and O–H groups in total. The highest BCUT2D eigenvalue weighted by Gasteiger charge is 2.33. The van der Waals surface area contributed by atoms with Gasteiger partial charge in [0.1, 0.15) is 5.82 Å². The van der Waals surface area contributed by atoms with Gasteiger partial charge in [-0.25, -0.2) is 4.39 Å². The van der Waals surface area contributed by atoms with Gasteiger partial charge in [-0.1, -0.05) is 36.5 Å². The highest BCUT2D eigenvalue weighted by Crippen LogP contribution is 2.42. The zero-order chi connectivity index (χ0) is 20.0. The summed E-state index contributed by atoms with van der Waals surface area (Å²) >= 11 is 1.34. The predicted octanol–water partition coefficient (Wildman–Crippen LogP) is 4.72. The van der Waals surface area contributed by atoms with Crippen molar-refractivity contribution in [2.75, 3.05) is 13.1 Å². The fraction of sp³-hybridized carbons (Fsp3) is 0.333. The molecule has 0 amide bonds. The molecule has 6 nitrogen and oxygen atoms in total. The van der Waals surface area contributed by atoms with Gasteiger partial charge in [0.05, 0.1) is 17.2 Å². The maximum Gasteiger partial charge on any atom is 0.230 e. The molecule has 0 saturated carbocycles. The summed E-state index contributed by atoms with van der Waals surface area (Å²) in [6, 6.07) is 9.95. The smallest absolute Gasteiger partial charge is 0.230 e. The second-order valence-electron chi connectivity index (χ2n) is 7.54. The van der Waals surface area contributed by atoms with E-state index in [1.165, 1.54) is 21.9 Å². The fourth-order valence-electron chi connectivity index (χ4n) is 3.93. The summed E-state index contributed by atoms with van der Waals surface area (Å²) in [5.74, 6) is 1.34. The van der Waals surface area contributed by atoms with Crippen molar-refractivity contribution in [2.45, 2.75) is 25.8 Å². The Morgan fingerprint density at radius 2 is 2.00 bits per heavy atom. The van der Waals surface area contributed by atoms with Crippen LogP contribution in [0.3, 0.4) is 0 Å². The average molecular weight is 412 g/mol. The minimum atomic E-state index is -0.371. The number of nitrogens with zero attached hydrogens (tertiary/aromatic N) is 4. The molecule has 0 unspecified atom stereocenters.